The summed E-state index contributed by atoms with van der Waals surface area (Å²) >= 11 is 0. The summed E-state index contributed by atoms with van der Waals surface area (Å²) in [5.41, 5.74) is 0.541. The molecule has 3 heterocycles. The molecule has 1 fully saturated rings. The van der Waals surface area contributed by atoms with Gasteiger partial charge in [-0.1, -0.05) is 37.8 Å². The monoisotopic (exact) mass is 483 g/mol. The van der Waals surface area contributed by atoms with Crippen molar-refractivity contribution in [2.24, 2.45) is 0 Å². The predicted molar refractivity (Wildman–Crippen MR) is 131 cm³/mol. The van der Waals surface area contributed by atoms with Crippen molar-refractivity contribution in [3.05, 3.63) is 41.5 Å². The molecule has 1 aromatic carbocycles. The average Bonchev–Trinajstić information content (AvgIpc) is 3.38. The van der Waals surface area contributed by atoms with Gasteiger partial charge in [-0.2, -0.15) is 5.10 Å². The highest BCUT2D eigenvalue weighted by Gasteiger charge is 2.38. The van der Waals surface area contributed by atoms with Crippen molar-refractivity contribution >= 4 is 11.8 Å². The van der Waals surface area contributed by atoms with E-state index in [0.717, 1.165) is 45.1 Å². The molecule has 0 aliphatic carbocycles. The van der Waals surface area contributed by atoms with Crippen molar-refractivity contribution in [3.8, 4) is 5.75 Å². The molecule has 0 saturated carbocycles. The van der Waals surface area contributed by atoms with Gasteiger partial charge in [0.15, 0.2) is 0 Å². The third-order valence-corrected chi connectivity index (χ3v) is 6.78. The largest absolute Gasteiger partial charge is 0.485 e. The third kappa shape index (κ3) is 6.39. The Balaban J connectivity index is 1.52. The lowest BCUT2D eigenvalue weighted by Crippen LogP contribution is -2.35. The molecule has 9 nitrogen and oxygen atoms in total. The molecule has 9 heteroatoms. The van der Waals surface area contributed by atoms with E-state index in [0.29, 0.717) is 42.7 Å². The van der Waals surface area contributed by atoms with Gasteiger partial charge < -0.3 is 19.3 Å². The van der Waals surface area contributed by atoms with Gasteiger partial charge in [-0.05, 0) is 38.8 Å². The zero-order valence-electron chi connectivity index (χ0n) is 21.1. The quantitative estimate of drug-likeness (QED) is 0.652. The second-order valence-electron chi connectivity index (χ2n) is 9.57. The number of carbonyl (C=O) groups excluding carboxylic acids is 2. The number of rotatable bonds is 2. The summed E-state index contributed by atoms with van der Waals surface area (Å²) in [4.78, 5) is 34.1. The van der Waals surface area contributed by atoms with Crippen LogP contribution in [0.15, 0.2) is 24.3 Å². The first kappa shape index (κ1) is 25.2. The fourth-order valence-corrected chi connectivity index (χ4v) is 4.77. The van der Waals surface area contributed by atoms with Gasteiger partial charge in [0.1, 0.15) is 36.2 Å². The van der Waals surface area contributed by atoms with Gasteiger partial charge in [-0.3, -0.25) is 9.59 Å². The molecule has 2 amide bonds. The molecule has 0 bridgehead atoms. The molecule has 2 aliphatic heterocycles. The van der Waals surface area contributed by atoms with Gasteiger partial charge >= 0.3 is 0 Å². The number of carbonyl (C=O) groups is 2. The Hall–Kier alpha value is -2.94. The number of amides is 2. The summed E-state index contributed by atoms with van der Waals surface area (Å²) < 4.78 is 14.3. The van der Waals surface area contributed by atoms with Crippen molar-refractivity contribution in [2.75, 3.05) is 33.3 Å². The van der Waals surface area contributed by atoms with E-state index in [2.05, 4.69) is 10.1 Å². The number of hydrogen-bond donors (Lipinski definition) is 0. The minimum atomic E-state index is -0.357. The van der Waals surface area contributed by atoms with Crippen molar-refractivity contribution < 1.29 is 19.1 Å². The number of fused-ring (bicyclic) bond motifs is 2. The summed E-state index contributed by atoms with van der Waals surface area (Å²) in [6.07, 6.45) is 5.92. The maximum Gasteiger partial charge on any atom is 0.257 e. The van der Waals surface area contributed by atoms with E-state index >= 15 is 0 Å². The first-order valence-electron chi connectivity index (χ1n) is 12.7. The second-order valence-corrected chi connectivity index (χ2v) is 9.57. The second kappa shape index (κ2) is 11.7. The fraction of sp³-hybridized carbons (Fsp3) is 0.615. The predicted octanol–water partition coefficient (Wildman–Crippen LogP) is 3.00. The molecule has 2 aromatic rings. The number of likely N-dealkylation sites (tertiary alicyclic amines) is 1. The van der Waals surface area contributed by atoms with Crippen LogP contribution >= 0.6 is 0 Å². The average molecular weight is 484 g/mol. The van der Waals surface area contributed by atoms with E-state index in [4.69, 9.17) is 9.47 Å². The molecule has 0 unspecified atom stereocenters. The van der Waals surface area contributed by atoms with Gasteiger partial charge in [-0.25, -0.2) is 9.67 Å². The molecular weight excluding hydrogens is 446 g/mol. The maximum atomic E-state index is 13.2. The molecule has 2 aliphatic rings. The number of nitrogens with zero attached hydrogens (tertiary/aromatic N) is 5. The normalized spacial score (nSPS) is 22.4. The van der Waals surface area contributed by atoms with Crippen LogP contribution in [0.1, 0.15) is 60.5 Å². The van der Waals surface area contributed by atoms with Gasteiger partial charge in [0.25, 0.3) is 5.91 Å². The molecule has 1 saturated heterocycles. The van der Waals surface area contributed by atoms with Crippen LogP contribution in [0.3, 0.4) is 0 Å². The number of benzene rings is 1. The van der Waals surface area contributed by atoms with Crippen LogP contribution in [0.5, 0.6) is 5.75 Å². The highest BCUT2D eigenvalue weighted by molar-refractivity contribution is 5.96. The van der Waals surface area contributed by atoms with E-state index < -0.39 is 0 Å². The van der Waals surface area contributed by atoms with Gasteiger partial charge in [0.2, 0.25) is 5.91 Å². The minimum Gasteiger partial charge on any atom is -0.485 e. The molecule has 0 spiro atoms. The van der Waals surface area contributed by atoms with Crippen LogP contribution in [0, 0.1) is 13.8 Å². The SMILES string of the molecule is Cc1nc(C)n(CC(=O)N2C[C@H]3OCCCCCCCCN(C)C(=O)c4ccccc4O[C@@H]3C2)n1. The Kier molecular flexibility index (Phi) is 8.38. The first-order valence-corrected chi connectivity index (χ1v) is 12.7. The molecule has 190 valence electrons. The Labute approximate surface area is 207 Å². The van der Waals surface area contributed by atoms with Gasteiger partial charge in [0.05, 0.1) is 18.7 Å². The molecular formula is C26H37N5O4. The standard InChI is InChI=1S/C26H37N5O4/c1-19-27-20(2)31(28-19)18-25(32)30-16-23-24(17-30)35-22-13-9-8-12-21(22)26(33)29(3)14-10-6-4-5-7-11-15-34-23/h8-9,12-13,23-24H,4-7,10-11,14-18H2,1-3H3/t23-,24-/m1/s1. The zero-order chi connectivity index (χ0) is 24.8. The number of para-hydroxylation sites is 1. The maximum absolute atomic E-state index is 13.2. The smallest absolute Gasteiger partial charge is 0.257 e. The number of ether oxygens (including phenoxy) is 2. The Bertz CT molecular complexity index is 1020. The van der Waals surface area contributed by atoms with Crippen LogP contribution in [0.2, 0.25) is 0 Å². The van der Waals surface area contributed by atoms with Crippen LogP contribution in [-0.4, -0.2) is 81.9 Å². The van der Waals surface area contributed by atoms with Gasteiger partial charge in [0, 0.05) is 20.2 Å². The van der Waals surface area contributed by atoms with Crippen LogP contribution in [-0.2, 0) is 16.1 Å². The number of aromatic nitrogens is 3. The number of aryl methyl sites for hydroxylation is 2. The summed E-state index contributed by atoms with van der Waals surface area (Å²) in [6, 6.07) is 7.36. The van der Waals surface area contributed by atoms with E-state index in [9.17, 15) is 9.59 Å². The molecule has 35 heavy (non-hydrogen) atoms. The van der Waals surface area contributed by atoms with Crippen LogP contribution < -0.4 is 4.74 Å². The van der Waals surface area contributed by atoms with Crippen molar-refractivity contribution in [3.63, 3.8) is 0 Å². The lowest BCUT2D eigenvalue weighted by atomic mass is 10.1. The van der Waals surface area contributed by atoms with Crippen molar-refractivity contribution in [1.82, 2.24) is 24.6 Å². The molecule has 2 atom stereocenters. The van der Waals surface area contributed by atoms with E-state index in [1.165, 1.54) is 0 Å². The summed E-state index contributed by atoms with van der Waals surface area (Å²) in [5, 5.41) is 4.32. The molecule has 1 aromatic heterocycles. The molecule has 4 rings (SSSR count). The minimum absolute atomic E-state index is 0.0480. The van der Waals surface area contributed by atoms with Crippen molar-refractivity contribution in [1.29, 1.82) is 0 Å². The Morgan fingerprint density at radius 2 is 1.74 bits per heavy atom. The van der Waals surface area contributed by atoms with E-state index in [1.807, 2.05) is 39.1 Å². The van der Waals surface area contributed by atoms with Crippen molar-refractivity contribution in [2.45, 2.75) is 71.1 Å². The van der Waals surface area contributed by atoms with Gasteiger partial charge in [-0.15, -0.1) is 0 Å². The highest BCUT2D eigenvalue weighted by Crippen LogP contribution is 2.26. The molecule has 0 radical (unpaired) electrons. The third-order valence-electron chi connectivity index (χ3n) is 6.78. The lowest BCUT2D eigenvalue weighted by Gasteiger charge is -2.24. The zero-order valence-corrected chi connectivity index (χ0v) is 21.1. The fourth-order valence-electron chi connectivity index (χ4n) is 4.77. The van der Waals surface area contributed by atoms with Crippen LogP contribution in [0.4, 0.5) is 0 Å². The first-order chi connectivity index (χ1) is 16.9. The highest BCUT2D eigenvalue weighted by atomic mass is 16.5. The lowest BCUT2D eigenvalue weighted by molar-refractivity contribution is -0.131. The summed E-state index contributed by atoms with van der Waals surface area (Å²) in [7, 11) is 1.85. The number of hydrogen-bond acceptors (Lipinski definition) is 6. The summed E-state index contributed by atoms with van der Waals surface area (Å²) in [6.45, 7) is 6.00. The van der Waals surface area contributed by atoms with E-state index in [-0.39, 0.29) is 30.6 Å². The Morgan fingerprint density at radius 1 is 1.03 bits per heavy atom. The Morgan fingerprint density at radius 3 is 2.51 bits per heavy atom. The summed E-state index contributed by atoms with van der Waals surface area (Å²) in [5.74, 6) is 1.80. The van der Waals surface area contributed by atoms with Crippen LogP contribution in [0.25, 0.3) is 0 Å². The molecule has 0 N–H and O–H groups in total. The topological polar surface area (TPSA) is 89.8 Å². The van der Waals surface area contributed by atoms with E-state index in [1.54, 1.807) is 20.5 Å².